The maximum absolute atomic E-state index is 13.6. The lowest BCUT2D eigenvalue weighted by molar-refractivity contribution is -0.140. The number of nitrogens with zero attached hydrogens (tertiary/aromatic N) is 2. The summed E-state index contributed by atoms with van der Waals surface area (Å²) >= 11 is 6.35. The molecule has 35 heavy (non-hydrogen) atoms. The zero-order valence-electron chi connectivity index (χ0n) is 20.8. The molecule has 1 atom stereocenters. The monoisotopic (exact) mass is 523 g/mol. The number of hydrogen-bond acceptors (Lipinski definition) is 5. The summed E-state index contributed by atoms with van der Waals surface area (Å²) in [6.45, 7) is 5.82. The molecule has 0 saturated carbocycles. The van der Waals surface area contributed by atoms with Crippen LogP contribution >= 0.6 is 11.6 Å². The third-order valence-electron chi connectivity index (χ3n) is 5.41. The molecule has 1 N–H and O–H groups in total. The van der Waals surface area contributed by atoms with Crippen LogP contribution < -0.4 is 14.4 Å². The molecule has 0 bridgehead atoms. The zero-order chi connectivity index (χ0) is 26.2. The summed E-state index contributed by atoms with van der Waals surface area (Å²) in [5.74, 6) is -0.0172. The number of benzene rings is 2. The minimum atomic E-state index is -3.80. The summed E-state index contributed by atoms with van der Waals surface area (Å²) < 4.78 is 31.4. The van der Waals surface area contributed by atoms with E-state index in [4.69, 9.17) is 16.3 Å². The Morgan fingerprint density at radius 2 is 1.71 bits per heavy atom. The first-order valence-electron chi connectivity index (χ1n) is 11.4. The van der Waals surface area contributed by atoms with E-state index in [1.54, 1.807) is 48.5 Å². The van der Waals surface area contributed by atoms with E-state index in [-0.39, 0.29) is 18.4 Å². The Balaban J connectivity index is 2.42. The standard InChI is InChI=1S/C25H34ClN3O5S/c1-6-23(25(31)27-15-18(2)3)28(16-19-9-7-8-10-22(19)26)24(30)17-29(35(5,32)33)20-11-13-21(34-4)14-12-20/h7-14,18,23H,6,15-17H2,1-5H3,(H,27,31)/t23-/m1/s1. The van der Waals surface area contributed by atoms with Gasteiger partial charge in [-0.05, 0) is 48.2 Å². The van der Waals surface area contributed by atoms with Crippen LogP contribution in [-0.4, -0.2) is 57.6 Å². The SMILES string of the molecule is CC[C@H](C(=O)NCC(C)C)N(Cc1ccccc1Cl)C(=O)CN(c1ccc(OC)cc1)S(C)(=O)=O. The number of anilines is 1. The Morgan fingerprint density at radius 3 is 2.23 bits per heavy atom. The molecule has 0 radical (unpaired) electrons. The fraction of sp³-hybridized carbons (Fsp3) is 0.440. The smallest absolute Gasteiger partial charge is 0.244 e. The van der Waals surface area contributed by atoms with E-state index < -0.39 is 28.5 Å². The molecule has 10 heteroatoms. The van der Waals surface area contributed by atoms with E-state index in [9.17, 15) is 18.0 Å². The summed E-state index contributed by atoms with van der Waals surface area (Å²) in [5, 5.41) is 3.34. The largest absolute Gasteiger partial charge is 0.497 e. The Labute approximate surface area is 213 Å². The molecular weight excluding hydrogens is 490 g/mol. The van der Waals surface area contributed by atoms with Gasteiger partial charge in [0, 0.05) is 18.1 Å². The molecule has 8 nitrogen and oxygen atoms in total. The van der Waals surface area contributed by atoms with E-state index in [1.165, 1.54) is 12.0 Å². The fourth-order valence-corrected chi connectivity index (χ4v) is 4.56. The molecule has 2 aromatic carbocycles. The first-order chi connectivity index (χ1) is 16.5. The Hall–Kier alpha value is -2.78. The predicted octanol–water partition coefficient (Wildman–Crippen LogP) is 3.69. The Kier molecular flexibility index (Phi) is 10.4. The molecule has 0 aliphatic rings. The highest BCUT2D eigenvalue weighted by atomic mass is 35.5. The van der Waals surface area contributed by atoms with Gasteiger partial charge in [0.1, 0.15) is 18.3 Å². The molecule has 0 aromatic heterocycles. The van der Waals surface area contributed by atoms with Crippen molar-refractivity contribution in [2.45, 2.75) is 39.8 Å². The summed E-state index contributed by atoms with van der Waals surface area (Å²) in [6, 6.07) is 12.6. The number of ether oxygens (including phenoxy) is 1. The maximum atomic E-state index is 13.6. The van der Waals surface area contributed by atoms with Gasteiger partial charge in [-0.25, -0.2) is 8.42 Å². The van der Waals surface area contributed by atoms with Gasteiger partial charge in [-0.15, -0.1) is 0 Å². The number of carbonyl (C=O) groups is 2. The van der Waals surface area contributed by atoms with Crippen molar-refractivity contribution in [1.82, 2.24) is 10.2 Å². The summed E-state index contributed by atoms with van der Waals surface area (Å²) in [6.07, 6.45) is 1.39. The van der Waals surface area contributed by atoms with Gasteiger partial charge < -0.3 is 15.0 Å². The van der Waals surface area contributed by atoms with Crippen LogP contribution in [0.3, 0.4) is 0 Å². The first-order valence-corrected chi connectivity index (χ1v) is 13.6. The van der Waals surface area contributed by atoms with E-state index in [0.717, 1.165) is 10.6 Å². The van der Waals surface area contributed by atoms with Crippen molar-refractivity contribution in [3.63, 3.8) is 0 Å². The second-order valence-corrected chi connectivity index (χ2v) is 11.0. The quantitative estimate of drug-likeness (QED) is 0.457. The van der Waals surface area contributed by atoms with Crippen LogP contribution in [0.1, 0.15) is 32.8 Å². The molecule has 2 rings (SSSR count). The number of carbonyl (C=O) groups excluding carboxylic acids is 2. The van der Waals surface area contributed by atoms with Crippen LogP contribution in [0, 0.1) is 5.92 Å². The molecule has 2 amide bonds. The number of methoxy groups -OCH3 is 1. The molecule has 0 saturated heterocycles. The van der Waals surface area contributed by atoms with Crippen LogP contribution in [-0.2, 0) is 26.2 Å². The van der Waals surface area contributed by atoms with Crippen molar-refractivity contribution in [3.05, 3.63) is 59.1 Å². The molecular formula is C25H34ClN3O5S. The topological polar surface area (TPSA) is 96.0 Å². The van der Waals surface area contributed by atoms with Crippen molar-refractivity contribution in [1.29, 1.82) is 0 Å². The second kappa shape index (κ2) is 12.8. The van der Waals surface area contributed by atoms with Gasteiger partial charge in [0.15, 0.2) is 0 Å². The molecule has 0 spiro atoms. The summed E-state index contributed by atoms with van der Waals surface area (Å²) in [7, 11) is -2.29. The highest BCUT2D eigenvalue weighted by molar-refractivity contribution is 7.92. The number of sulfonamides is 1. The molecule has 0 aliphatic heterocycles. The average Bonchev–Trinajstić information content (AvgIpc) is 2.81. The van der Waals surface area contributed by atoms with E-state index in [1.807, 2.05) is 20.8 Å². The van der Waals surface area contributed by atoms with Crippen LogP contribution in [0.2, 0.25) is 5.02 Å². The third kappa shape index (κ3) is 8.14. The molecule has 0 unspecified atom stereocenters. The molecule has 0 fully saturated rings. The highest BCUT2D eigenvalue weighted by Gasteiger charge is 2.32. The van der Waals surface area contributed by atoms with Gasteiger partial charge in [-0.1, -0.05) is 50.6 Å². The van der Waals surface area contributed by atoms with Crippen molar-refractivity contribution >= 4 is 39.1 Å². The van der Waals surface area contributed by atoms with Crippen LogP contribution in [0.4, 0.5) is 5.69 Å². The average molecular weight is 524 g/mol. The number of halogens is 1. The lowest BCUT2D eigenvalue weighted by atomic mass is 10.1. The summed E-state index contributed by atoms with van der Waals surface area (Å²) in [5.41, 5.74) is 0.977. The normalized spacial score (nSPS) is 12.2. The van der Waals surface area contributed by atoms with Crippen molar-refractivity contribution in [3.8, 4) is 5.75 Å². The van der Waals surface area contributed by atoms with Crippen LogP contribution in [0.15, 0.2) is 48.5 Å². The van der Waals surface area contributed by atoms with E-state index in [2.05, 4.69) is 5.32 Å². The highest BCUT2D eigenvalue weighted by Crippen LogP contribution is 2.24. The van der Waals surface area contributed by atoms with Crippen LogP contribution in [0.5, 0.6) is 5.75 Å². The summed E-state index contributed by atoms with van der Waals surface area (Å²) in [4.78, 5) is 28.1. The van der Waals surface area contributed by atoms with Crippen molar-refractivity contribution in [2.24, 2.45) is 5.92 Å². The van der Waals surface area contributed by atoms with Crippen LogP contribution in [0.25, 0.3) is 0 Å². The molecule has 0 heterocycles. The first kappa shape index (κ1) is 28.5. The zero-order valence-corrected chi connectivity index (χ0v) is 22.4. The predicted molar refractivity (Wildman–Crippen MR) is 139 cm³/mol. The number of hydrogen-bond donors (Lipinski definition) is 1. The van der Waals surface area contributed by atoms with Gasteiger partial charge in [0.2, 0.25) is 21.8 Å². The molecule has 192 valence electrons. The van der Waals surface area contributed by atoms with Gasteiger partial charge >= 0.3 is 0 Å². The number of nitrogens with one attached hydrogen (secondary N) is 1. The van der Waals surface area contributed by atoms with E-state index in [0.29, 0.717) is 35.0 Å². The van der Waals surface area contributed by atoms with Gasteiger partial charge in [0.05, 0.1) is 19.1 Å². The lowest BCUT2D eigenvalue weighted by Crippen LogP contribution is -2.52. The minimum Gasteiger partial charge on any atom is -0.497 e. The third-order valence-corrected chi connectivity index (χ3v) is 6.92. The Morgan fingerprint density at radius 1 is 1.09 bits per heavy atom. The molecule has 0 aliphatic carbocycles. The fourth-order valence-electron chi connectivity index (χ4n) is 3.51. The Bertz CT molecular complexity index is 1110. The number of amides is 2. The minimum absolute atomic E-state index is 0.0618. The van der Waals surface area contributed by atoms with E-state index >= 15 is 0 Å². The second-order valence-electron chi connectivity index (χ2n) is 8.64. The number of rotatable bonds is 12. The lowest BCUT2D eigenvalue weighted by Gasteiger charge is -2.33. The maximum Gasteiger partial charge on any atom is 0.244 e. The molecule has 2 aromatic rings. The van der Waals surface area contributed by atoms with Crippen molar-refractivity contribution in [2.75, 3.05) is 30.8 Å². The van der Waals surface area contributed by atoms with Gasteiger partial charge in [0.25, 0.3) is 0 Å². The van der Waals surface area contributed by atoms with Crippen molar-refractivity contribution < 1.29 is 22.7 Å². The van der Waals surface area contributed by atoms with Gasteiger partial charge in [-0.3, -0.25) is 13.9 Å². The van der Waals surface area contributed by atoms with Gasteiger partial charge in [-0.2, -0.15) is 0 Å².